The Morgan fingerprint density at radius 2 is 1.36 bits per heavy atom. The summed E-state index contributed by atoms with van der Waals surface area (Å²) in [6.45, 7) is 10.6. The van der Waals surface area contributed by atoms with Crippen molar-refractivity contribution in [3.63, 3.8) is 0 Å². The van der Waals surface area contributed by atoms with E-state index in [4.69, 9.17) is 0 Å². The molecule has 0 aliphatic heterocycles. The summed E-state index contributed by atoms with van der Waals surface area (Å²) < 4.78 is 25.7. The van der Waals surface area contributed by atoms with Gasteiger partial charge in [0.15, 0.2) is 0 Å². The lowest BCUT2D eigenvalue weighted by Gasteiger charge is -2.00. The van der Waals surface area contributed by atoms with E-state index in [-0.39, 0.29) is 11.6 Å². The van der Waals surface area contributed by atoms with Crippen LogP contribution in [0.4, 0.5) is 8.78 Å². The van der Waals surface area contributed by atoms with Crippen molar-refractivity contribution in [2.45, 2.75) is 0 Å². The van der Waals surface area contributed by atoms with E-state index in [1.807, 2.05) is 0 Å². The number of hydrogen-bond donors (Lipinski definition) is 0. The first-order valence-electron chi connectivity index (χ1n) is 6.71. The zero-order valence-electron chi connectivity index (χ0n) is 12.3. The Labute approximate surface area is 130 Å². The molecule has 0 saturated carbocycles. The Balaban J connectivity index is 0.000000220. The minimum atomic E-state index is -0.252. The molecule has 0 atom stereocenters. The monoisotopic (exact) mass is 296 g/mol. The van der Waals surface area contributed by atoms with Crippen LogP contribution in [0, 0.1) is 11.6 Å². The zero-order chi connectivity index (χ0) is 16.4. The lowest BCUT2D eigenvalue weighted by molar-refractivity contribution is 0.624. The summed E-state index contributed by atoms with van der Waals surface area (Å²) in [5.74, 6) is -0.456. The van der Waals surface area contributed by atoms with Crippen molar-refractivity contribution >= 4 is 18.2 Å². The van der Waals surface area contributed by atoms with Crippen LogP contribution < -0.4 is 0 Å². The quantitative estimate of drug-likeness (QED) is 0.595. The molecule has 2 aromatic rings. The summed E-state index contributed by atoms with van der Waals surface area (Å²) in [4.78, 5) is 0. The van der Waals surface area contributed by atoms with E-state index >= 15 is 0 Å². The standard InChI is InChI=1S/2C10H9F/c1-3-8-6-5-7-10(11)9(8)4-2;1-2-3-6-9-7-4-5-8-10(9)11/h3-7H,1-2H2;2-8H,1H2. The third-order valence-corrected chi connectivity index (χ3v) is 2.83. The Bertz CT molecular complexity index is 682. The number of halogens is 2. The summed E-state index contributed by atoms with van der Waals surface area (Å²) in [7, 11) is 0. The molecule has 0 aliphatic rings. The van der Waals surface area contributed by atoms with Crippen molar-refractivity contribution in [2.24, 2.45) is 0 Å². The highest BCUT2D eigenvalue weighted by Crippen LogP contribution is 2.15. The molecule has 0 radical (unpaired) electrons. The third kappa shape index (κ3) is 4.98. The second kappa shape index (κ2) is 9.24. The van der Waals surface area contributed by atoms with Gasteiger partial charge in [-0.25, -0.2) is 8.78 Å². The zero-order valence-corrected chi connectivity index (χ0v) is 12.3. The minimum absolute atomic E-state index is 0.203. The molecule has 0 heterocycles. The van der Waals surface area contributed by atoms with E-state index in [1.54, 1.807) is 54.6 Å². The highest BCUT2D eigenvalue weighted by atomic mass is 19.1. The fraction of sp³-hybridized carbons (Fsp3) is 0. The van der Waals surface area contributed by atoms with Gasteiger partial charge in [-0.1, -0.05) is 80.4 Å². The normalized spacial score (nSPS) is 9.73. The largest absolute Gasteiger partial charge is 0.206 e. The Hall–Kier alpha value is -2.74. The van der Waals surface area contributed by atoms with E-state index in [0.717, 1.165) is 5.56 Å². The lowest BCUT2D eigenvalue weighted by atomic mass is 10.1. The fourth-order valence-corrected chi connectivity index (χ4v) is 1.73. The van der Waals surface area contributed by atoms with Crippen molar-refractivity contribution in [1.29, 1.82) is 0 Å². The molecule has 0 amide bonds. The van der Waals surface area contributed by atoms with Gasteiger partial charge in [0.2, 0.25) is 0 Å². The summed E-state index contributed by atoms with van der Waals surface area (Å²) in [5, 5.41) is 0. The molecule has 0 nitrogen and oxygen atoms in total. The van der Waals surface area contributed by atoms with Crippen molar-refractivity contribution in [3.8, 4) is 0 Å². The van der Waals surface area contributed by atoms with Crippen LogP contribution in [0.15, 0.2) is 74.4 Å². The number of allylic oxidation sites excluding steroid dienone is 2. The predicted octanol–water partition coefficient (Wildman–Crippen LogP) is 6.14. The molecule has 22 heavy (non-hydrogen) atoms. The van der Waals surface area contributed by atoms with Gasteiger partial charge in [0.05, 0.1) is 0 Å². The van der Waals surface area contributed by atoms with E-state index in [2.05, 4.69) is 19.7 Å². The maximum absolute atomic E-state index is 12.9. The molecule has 0 spiro atoms. The number of benzene rings is 2. The molecular weight excluding hydrogens is 278 g/mol. The average molecular weight is 296 g/mol. The highest BCUT2D eigenvalue weighted by Gasteiger charge is 1.99. The second-order valence-electron chi connectivity index (χ2n) is 4.27. The maximum atomic E-state index is 12.9. The average Bonchev–Trinajstić information content (AvgIpc) is 2.54. The first kappa shape index (κ1) is 17.3. The molecule has 0 unspecified atom stereocenters. The van der Waals surface area contributed by atoms with Gasteiger partial charge in [-0.2, -0.15) is 0 Å². The number of hydrogen-bond acceptors (Lipinski definition) is 0. The van der Waals surface area contributed by atoms with Crippen LogP contribution in [-0.2, 0) is 0 Å². The van der Waals surface area contributed by atoms with Gasteiger partial charge in [-0.3, -0.25) is 0 Å². The van der Waals surface area contributed by atoms with Gasteiger partial charge in [0.25, 0.3) is 0 Å². The van der Waals surface area contributed by atoms with Crippen LogP contribution >= 0.6 is 0 Å². The highest BCUT2D eigenvalue weighted by molar-refractivity contribution is 5.63. The van der Waals surface area contributed by atoms with Crippen molar-refractivity contribution in [3.05, 3.63) is 103 Å². The molecule has 0 bridgehead atoms. The van der Waals surface area contributed by atoms with Crippen LogP contribution in [0.5, 0.6) is 0 Å². The van der Waals surface area contributed by atoms with Gasteiger partial charge < -0.3 is 0 Å². The van der Waals surface area contributed by atoms with Gasteiger partial charge >= 0.3 is 0 Å². The predicted molar refractivity (Wildman–Crippen MR) is 92.2 cm³/mol. The van der Waals surface area contributed by atoms with Gasteiger partial charge in [-0.05, 0) is 17.7 Å². The third-order valence-electron chi connectivity index (χ3n) is 2.83. The molecule has 2 aromatic carbocycles. The summed E-state index contributed by atoms with van der Waals surface area (Å²) in [6, 6.07) is 11.5. The van der Waals surface area contributed by atoms with Crippen LogP contribution in [0.25, 0.3) is 18.2 Å². The maximum Gasteiger partial charge on any atom is 0.131 e. The summed E-state index contributed by atoms with van der Waals surface area (Å²) in [6.07, 6.45) is 8.11. The first-order chi connectivity index (χ1) is 10.6. The molecule has 0 aromatic heterocycles. The Morgan fingerprint density at radius 1 is 0.727 bits per heavy atom. The van der Waals surface area contributed by atoms with E-state index < -0.39 is 0 Å². The molecule has 0 aliphatic carbocycles. The lowest BCUT2D eigenvalue weighted by Crippen LogP contribution is -1.84. The van der Waals surface area contributed by atoms with E-state index in [0.29, 0.717) is 11.1 Å². The van der Waals surface area contributed by atoms with Crippen LogP contribution in [0.1, 0.15) is 16.7 Å². The summed E-state index contributed by atoms with van der Waals surface area (Å²) in [5.41, 5.74) is 1.88. The smallest absolute Gasteiger partial charge is 0.131 e. The van der Waals surface area contributed by atoms with Crippen molar-refractivity contribution < 1.29 is 8.78 Å². The molecule has 112 valence electrons. The van der Waals surface area contributed by atoms with Crippen molar-refractivity contribution in [1.82, 2.24) is 0 Å². The molecule has 0 N–H and O–H groups in total. The Kier molecular flexibility index (Phi) is 7.27. The van der Waals surface area contributed by atoms with Crippen molar-refractivity contribution in [2.75, 3.05) is 0 Å². The van der Waals surface area contributed by atoms with Crippen LogP contribution in [0.3, 0.4) is 0 Å². The van der Waals surface area contributed by atoms with Gasteiger partial charge in [0.1, 0.15) is 11.6 Å². The molecule has 0 fully saturated rings. The molecule has 0 saturated heterocycles. The van der Waals surface area contributed by atoms with Gasteiger partial charge in [0, 0.05) is 11.1 Å². The minimum Gasteiger partial charge on any atom is -0.206 e. The topological polar surface area (TPSA) is 0 Å². The van der Waals surface area contributed by atoms with E-state index in [1.165, 1.54) is 18.2 Å². The SMILES string of the molecule is C=CC=Cc1ccccc1F.C=Cc1cccc(F)c1C=C. The second-order valence-corrected chi connectivity index (χ2v) is 4.27. The fourth-order valence-electron chi connectivity index (χ4n) is 1.73. The molecular formula is C20H18F2. The van der Waals surface area contributed by atoms with Crippen LogP contribution in [-0.4, -0.2) is 0 Å². The first-order valence-corrected chi connectivity index (χ1v) is 6.71. The Morgan fingerprint density at radius 3 is 1.91 bits per heavy atom. The number of rotatable bonds is 4. The molecule has 2 rings (SSSR count). The van der Waals surface area contributed by atoms with Gasteiger partial charge in [-0.15, -0.1) is 0 Å². The van der Waals surface area contributed by atoms with E-state index in [9.17, 15) is 8.78 Å². The van der Waals surface area contributed by atoms with Crippen LogP contribution in [0.2, 0.25) is 0 Å². The molecule has 2 heteroatoms. The summed E-state index contributed by atoms with van der Waals surface area (Å²) >= 11 is 0.